The van der Waals surface area contributed by atoms with E-state index in [1.807, 2.05) is 18.5 Å². The van der Waals surface area contributed by atoms with Gasteiger partial charge in [-0.1, -0.05) is 23.7 Å². The Kier molecular flexibility index (Phi) is 9.50. The largest absolute Gasteiger partial charge is 0.353 e. The lowest BCUT2D eigenvalue weighted by Gasteiger charge is -2.36. The number of piperazine rings is 1. The highest BCUT2D eigenvalue weighted by Gasteiger charge is 2.21. The van der Waals surface area contributed by atoms with Crippen LogP contribution < -0.4 is 5.32 Å². The molecule has 0 saturated carbocycles. The monoisotopic (exact) mass is 547 g/mol. The zero-order valence-corrected chi connectivity index (χ0v) is 20.4. The molecule has 3 rings (SSSR count). The molecule has 0 amide bonds. The van der Waals surface area contributed by atoms with Gasteiger partial charge in [0.2, 0.25) is 0 Å². The molecule has 1 aliphatic rings. The third-order valence-corrected chi connectivity index (χ3v) is 5.43. The Labute approximate surface area is 199 Å². The van der Waals surface area contributed by atoms with Crippen molar-refractivity contribution in [2.75, 3.05) is 32.7 Å². The average Bonchev–Trinajstić information content (AvgIpc) is 3.04. The minimum absolute atomic E-state index is 0. The van der Waals surface area contributed by atoms with Gasteiger partial charge in [-0.05, 0) is 19.1 Å². The van der Waals surface area contributed by atoms with Crippen LogP contribution in [-0.4, -0.2) is 63.2 Å². The van der Waals surface area contributed by atoms with Crippen molar-refractivity contribution in [1.82, 2.24) is 29.9 Å². The Morgan fingerprint density at radius 3 is 2.63 bits per heavy atom. The van der Waals surface area contributed by atoms with E-state index in [9.17, 15) is 4.39 Å². The Bertz CT molecular complexity index is 858. The van der Waals surface area contributed by atoms with Crippen LogP contribution in [0.2, 0.25) is 5.02 Å². The maximum Gasteiger partial charge on any atom is 0.194 e. The normalized spacial score (nSPS) is 15.1. The van der Waals surface area contributed by atoms with Crippen LogP contribution in [0.25, 0.3) is 0 Å². The van der Waals surface area contributed by atoms with E-state index >= 15 is 0 Å². The minimum atomic E-state index is -0.256. The molecule has 2 aromatic rings. The first-order valence-corrected chi connectivity index (χ1v) is 10.0. The lowest BCUT2D eigenvalue weighted by Crippen LogP contribution is -2.52. The van der Waals surface area contributed by atoms with E-state index in [2.05, 4.69) is 31.9 Å². The number of aromatic nitrogens is 3. The van der Waals surface area contributed by atoms with Gasteiger partial charge in [0.05, 0.1) is 0 Å². The second kappa shape index (κ2) is 11.6. The third-order valence-electron chi connectivity index (χ3n) is 5.07. The summed E-state index contributed by atoms with van der Waals surface area (Å²) in [5, 5.41) is 12.0. The van der Waals surface area contributed by atoms with E-state index < -0.39 is 0 Å². The lowest BCUT2D eigenvalue weighted by molar-refractivity contribution is 0.171. The fourth-order valence-corrected chi connectivity index (χ4v) is 3.41. The maximum absolute atomic E-state index is 14.1. The number of nitrogens with one attached hydrogen (secondary N) is 1. The predicted octanol–water partition coefficient (Wildman–Crippen LogP) is 2.98. The number of benzene rings is 1. The van der Waals surface area contributed by atoms with Crippen LogP contribution in [0.1, 0.15) is 17.2 Å². The van der Waals surface area contributed by atoms with Gasteiger partial charge < -0.3 is 14.8 Å². The van der Waals surface area contributed by atoms with Gasteiger partial charge in [0.25, 0.3) is 0 Å². The maximum atomic E-state index is 14.1. The molecule has 0 aliphatic carbocycles. The summed E-state index contributed by atoms with van der Waals surface area (Å²) in [6.45, 7) is 10.4. The summed E-state index contributed by atoms with van der Waals surface area (Å²) in [6, 6.07) is 4.82. The lowest BCUT2D eigenvalue weighted by atomic mass is 10.2. The molecule has 1 fully saturated rings. The van der Waals surface area contributed by atoms with Crippen molar-refractivity contribution in [3.8, 4) is 0 Å². The third kappa shape index (κ3) is 6.14. The van der Waals surface area contributed by atoms with Gasteiger partial charge in [-0.15, -0.1) is 40.8 Å². The topological polar surface area (TPSA) is 61.6 Å². The Morgan fingerprint density at radius 1 is 1.30 bits per heavy atom. The van der Waals surface area contributed by atoms with Crippen LogP contribution in [0, 0.1) is 12.7 Å². The van der Waals surface area contributed by atoms with Crippen molar-refractivity contribution in [3.05, 3.63) is 58.9 Å². The summed E-state index contributed by atoms with van der Waals surface area (Å²) in [5.41, 5.74) is 0.555. The number of aryl methyl sites for hydroxylation is 1. The predicted molar refractivity (Wildman–Crippen MR) is 129 cm³/mol. The van der Waals surface area contributed by atoms with Crippen molar-refractivity contribution in [2.45, 2.75) is 20.0 Å². The Hall–Kier alpha value is -1.72. The first-order chi connectivity index (χ1) is 14.0. The van der Waals surface area contributed by atoms with Gasteiger partial charge in [-0.3, -0.25) is 4.90 Å². The highest BCUT2D eigenvalue weighted by Crippen LogP contribution is 2.21. The molecule has 0 atom stereocenters. The summed E-state index contributed by atoms with van der Waals surface area (Å²) in [5.74, 6) is 2.23. The average molecular weight is 548 g/mol. The first kappa shape index (κ1) is 24.5. The van der Waals surface area contributed by atoms with E-state index in [0.717, 1.165) is 43.8 Å². The van der Waals surface area contributed by atoms with Crippen LogP contribution in [0.15, 0.2) is 35.8 Å². The second-order valence-corrected chi connectivity index (χ2v) is 7.40. The molecule has 0 bridgehead atoms. The van der Waals surface area contributed by atoms with Crippen molar-refractivity contribution in [1.29, 1.82) is 0 Å². The van der Waals surface area contributed by atoms with Crippen LogP contribution in [0.3, 0.4) is 0 Å². The van der Waals surface area contributed by atoms with Crippen LogP contribution >= 0.6 is 35.6 Å². The molecule has 0 radical (unpaired) electrons. The smallest absolute Gasteiger partial charge is 0.194 e. The van der Waals surface area contributed by atoms with E-state index in [4.69, 9.17) is 16.6 Å². The van der Waals surface area contributed by atoms with Crippen LogP contribution in [-0.2, 0) is 20.1 Å². The van der Waals surface area contributed by atoms with Gasteiger partial charge in [0, 0.05) is 56.9 Å². The fraction of sp³-hybridized carbons (Fsp3) is 0.450. The van der Waals surface area contributed by atoms with Crippen molar-refractivity contribution >= 4 is 41.5 Å². The van der Waals surface area contributed by atoms with E-state index in [1.54, 1.807) is 18.2 Å². The quantitative estimate of drug-likeness (QED) is 0.261. The van der Waals surface area contributed by atoms with Gasteiger partial charge in [0.15, 0.2) is 11.8 Å². The zero-order valence-electron chi connectivity index (χ0n) is 17.3. The molecule has 0 spiro atoms. The van der Waals surface area contributed by atoms with Gasteiger partial charge in [0.1, 0.15) is 18.2 Å². The molecule has 7 nitrogen and oxygen atoms in total. The summed E-state index contributed by atoms with van der Waals surface area (Å²) in [7, 11) is 1.93. The molecular weight excluding hydrogens is 520 g/mol. The molecule has 1 aromatic heterocycles. The summed E-state index contributed by atoms with van der Waals surface area (Å²) >= 11 is 6.17. The van der Waals surface area contributed by atoms with E-state index in [-0.39, 0.29) is 29.8 Å². The molecule has 2 heterocycles. The van der Waals surface area contributed by atoms with Gasteiger partial charge in [-0.25, -0.2) is 9.38 Å². The minimum Gasteiger partial charge on any atom is -0.353 e. The summed E-state index contributed by atoms with van der Waals surface area (Å²) in [6.07, 6.45) is 1.80. The zero-order chi connectivity index (χ0) is 20.8. The van der Waals surface area contributed by atoms with Gasteiger partial charge in [-0.2, -0.15) is 0 Å². The van der Waals surface area contributed by atoms with Gasteiger partial charge >= 0.3 is 0 Å². The number of hydrogen-bond acceptors (Lipinski definition) is 4. The fourth-order valence-electron chi connectivity index (χ4n) is 3.19. The molecule has 164 valence electrons. The van der Waals surface area contributed by atoms with E-state index in [0.29, 0.717) is 30.2 Å². The number of nitrogens with zero attached hydrogens (tertiary/aromatic N) is 6. The highest BCUT2D eigenvalue weighted by atomic mass is 127. The number of guanidine groups is 1. The van der Waals surface area contributed by atoms with Crippen LogP contribution in [0.5, 0.6) is 0 Å². The first-order valence-electron chi connectivity index (χ1n) is 9.64. The Morgan fingerprint density at radius 2 is 2.03 bits per heavy atom. The number of rotatable bonds is 6. The van der Waals surface area contributed by atoms with Crippen molar-refractivity contribution in [3.63, 3.8) is 0 Å². The molecule has 0 unspecified atom stereocenters. The Balaban J connectivity index is 0.00000320. The molecule has 10 heteroatoms. The summed E-state index contributed by atoms with van der Waals surface area (Å²) < 4.78 is 16.0. The molecular formula is C20H28ClFIN7. The molecule has 30 heavy (non-hydrogen) atoms. The molecule has 1 aliphatic heterocycles. The number of hydrogen-bond donors (Lipinski definition) is 1. The number of halogens is 3. The van der Waals surface area contributed by atoms with Crippen molar-refractivity contribution < 1.29 is 4.39 Å². The second-order valence-electron chi connectivity index (χ2n) is 7.00. The van der Waals surface area contributed by atoms with E-state index in [1.165, 1.54) is 6.07 Å². The highest BCUT2D eigenvalue weighted by molar-refractivity contribution is 14.0. The molecule has 1 saturated heterocycles. The SMILES string of the molecule is C=CCNC(=NCc1nnc(C)n1C)N1CCN(Cc2c(F)cccc2Cl)CC1.I. The summed E-state index contributed by atoms with van der Waals surface area (Å²) in [4.78, 5) is 9.13. The van der Waals surface area contributed by atoms with Crippen LogP contribution in [0.4, 0.5) is 4.39 Å². The standard InChI is InChI=1S/C20H27ClFN7.HI/c1-4-8-23-20(24-13-19-26-25-15(2)27(19)3)29-11-9-28(10-12-29)14-16-17(21)6-5-7-18(16)22;/h4-7H,1,8-14H2,2-3H3,(H,23,24);1H. The molecule has 1 N–H and O–H groups in total. The molecule has 1 aromatic carbocycles. The van der Waals surface area contributed by atoms with Crippen molar-refractivity contribution in [2.24, 2.45) is 12.0 Å². The number of aliphatic imine (C=N–C) groups is 1.